The Morgan fingerprint density at radius 2 is 2.15 bits per heavy atom. The Morgan fingerprint density at radius 1 is 1.26 bits per heavy atom. The standard InChI is InChI=1S/C21H24ClN3O2/c1-27-20-8-7-16(22)13-18(20)25-17-10-12-23-19(14-17)21(26)24-11-9-15-5-3-2-4-6-15/h5,7-8,10,12-14H,2-4,6,9,11H2,1H3,(H,23,25)(H,24,26). The Hall–Kier alpha value is -2.53. The summed E-state index contributed by atoms with van der Waals surface area (Å²) in [4.78, 5) is 16.6. The van der Waals surface area contributed by atoms with Crippen molar-refractivity contribution >= 4 is 28.9 Å². The van der Waals surface area contributed by atoms with Crippen LogP contribution in [0.5, 0.6) is 5.75 Å². The SMILES string of the molecule is COc1ccc(Cl)cc1Nc1ccnc(C(=O)NCCC2=CCCCC2)c1. The quantitative estimate of drug-likeness (QED) is 0.650. The number of nitrogens with one attached hydrogen (secondary N) is 2. The second-order valence-electron chi connectivity index (χ2n) is 6.51. The van der Waals surface area contributed by atoms with E-state index in [0.717, 1.165) is 30.6 Å². The highest BCUT2D eigenvalue weighted by Gasteiger charge is 2.10. The number of benzene rings is 1. The Labute approximate surface area is 164 Å². The summed E-state index contributed by atoms with van der Waals surface area (Å²) in [5, 5.41) is 6.78. The van der Waals surface area contributed by atoms with Gasteiger partial charge in [0.2, 0.25) is 0 Å². The lowest BCUT2D eigenvalue weighted by atomic mass is 9.97. The number of rotatable bonds is 7. The van der Waals surface area contributed by atoms with Gasteiger partial charge in [-0.1, -0.05) is 23.3 Å². The molecule has 0 fully saturated rings. The van der Waals surface area contributed by atoms with Gasteiger partial charge >= 0.3 is 0 Å². The second-order valence-corrected chi connectivity index (χ2v) is 6.95. The molecule has 0 aliphatic heterocycles. The van der Waals surface area contributed by atoms with Crippen LogP contribution in [-0.2, 0) is 0 Å². The molecular formula is C21H24ClN3O2. The van der Waals surface area contributed by atoms with Crippen LogP contribution in [-0.4, -0.2) is 24.5 Å². The fraction of sp³-hybridized carbons (Fsp3) is 0.333. The first-order valence-corrected chi connectivity index (χ1v) is 9.56. The summed E-state index contributed by atoms with van der Waals surface area (Å²) >= 11 is 6.07. The number of hydrogen-bond donors (Lipinski definition) is 2. The third kappa shape index (κ3) is 5.47. The zero-order valence-electron chi connectivity index (χ0n) is 15.4. The molecular weight excluding hydrogens is 362 g/mol. The van der Waals surface area contributed by atoms with Crippen molar-refractivity contribution in [3.63, 3.8) is 0 Å². The van der Waals surface area contributed by atoms with Crippen molar-refractivity contribution in [2.45, 2.75) is 32.1 Å². The van der Waals surface area contributed by atoms with Crippen molar-refractivity contribution in [3.05, 3.63) is 58.9 Å². The summed E-state index contributed by atoms with van der Waals surface area (Å²) in [5.41, 5.74) is 3.29. The fourth-order valence-electron chi connectivity index (χ4n) is 3.12. The number of allylic oxidation sites excluding steroid dienone is 1. The summed E-state index contributed by atoms with van der Waals surface area (Å²) in [6.07, 6.45) is 9.65. The molecule has 0 saturated heterocycles. The Balaban J connectivity index is 1.62. The summed E-state index contributed by atoms with van der Waals surface area (Å²) in [7, 11) is 1.60. The van der Waals surface area contributed by atoms with E-state index in [1.807, 2.05) is 0 Å². The molecule has 0 spiro atoms. The van der Waals surface area contributed by atoms with Crippen LogP contribution in [0.2, 0.25) is 5.02 Å². The minimum Gasteiger partial charge on any atom is -0.495 e. The molecule has 27 heavy (non-hydrogen) atoms. The Morgan fingerprint density at radius 3 is 2.93 bits per heavy atom. The maximum atomic E-state index is 12.4. The molecule has 1 aliphatic rings. The lowest BCUT2D eigenvalue weighted by Crippen LogP contribution is -2.25. The molecule has 1 amide bonds. The van der Waals surface area contributed by atoms with Crippen molar-refractivity contribution < 1.29 is 9.53 Å². The first-order valence-electron chi connectivity index (χ1n) is 9.18. The van der Waals surface area contributed by atoms with Crippen LogP contribution in [0.1, 0.15) is 42.6 Å². The van der Waals surface area contributed by atoms with E-state index in [9.17, 15) is 4.79 Å². The Kier molecular flexibility index (Phi) is 6.71. The lowest BCUT2D eigenvalue weighted by molar-refractivity contribution is 0.0949. The molecule has 0 bridgehead atoms. The molecule has 1 aromatic heterocycles. The van der Waals surface area contributed by atoms with Gasteiger partial charge in [0.05, 0.1) is 12.8 Å². The van der Waals surface area contributed by atoms with E-state index >= 15 is 0 Å². The zero-order valence-corrected chi connectivity index (χ0v) is 16.2. The molecule has 1 aromatic carbocycles. The fourth-order valence-corrected chi connectivity index (χ4v) is 3.30. The molecule has 2 N–H and O–H groups in total. The number of halogens is 1. The number of pyridine rings is 1. The number of carbonyl (C=O) groups excluding carboxylic acids is 1. The minimum atomic E-state index is -0.173. The normalized spacial score (nSPS) is 13.6. The number of amides is 1. The van der Waals surface area contributed by atoms with Crippen molar-refractivity contribution in [2.24, 2.45) is 0 Å². The Bertz CT molecular complexity index is 836. The molecule has 1 heterocycles. The van der Waals surface area contributed by atoms with Gasteiger partial charge < -0.3 is 15.4 Å². The largest absolute Gasteiger partial charge is 0.495 e. The average Bonchev–Trinajstić information content (AvgIpc) is 2.69. The summed E-state index contributed by atoms with van der Waals surface area (Å²) in [6.45, 7) is 0.631. The lowest BCUT2D eigenvalue weighted by Gasteiger charge is -2.13. The smallest absolute Gasteiger partial charge is 0.269 e. The molecule has 0 radical (unpaired) electrons. The van der Waals surface area contributed by atoms with Crippen LogP contribution in [0, 0.1) is 0 Å². The minimum absolute atomic E-state index is 0.173. The first kappa shape index (κ1) is 19.2. The molecule has 0 saturated carbocycles. The monoisotopic (exact) mass is 385 g/mol. The molecule has 5 nitrogen and oxygen atoms in total. The highest BCUT2D eigenvalue weighted by Crippen LogP contribution is 2.30. The number of methoxy groups -OCH3 is 1. The van der Waals surface area contributed by atoms with Crippen LogP contribution in [0.15, 0.2) is 48.2 Å². The van der Waals surface area contributed by atoms with Gasteiger partial charge in [0.25, 0.3) is 5.91 Å². The van der Waals surface area contributed by atoms with Gasteiger partial charge in [0, 0.05) is 23.5 Å². The first-order chi connectivity index (χ1) is 13.2. The topological polar surface area (TPSA) is 63.2 Å². The van der Waals surface area contributed by atoms with Gasteiger partial charge in [-0.2, -0.15) is 0 Å². The number of hydrogen-bond acceptors (Lipinski definition) is 4. The second kappa shape index (κ2) is 9.42. The van der Waals surface area contributed by atoms with Gasteiger partial charge in [-0.05, 0) is 62.4 Å². The predicted molar refractivity (Wildman–Crippen MR) is 109 cm³/mol. The maximum absolute atomic E-state index is 12.4. The van der Waals surface area contributed by atoms with Crippen molar-refractivity contribution in [1.82, 2.24) is 10.3 Å². The van der Waals surface area contributed by atoms with Gasteiger partial charge in [-0.25, -0.2) is 0 Å². The van der Waals surface area contributed by atoms with E-state index < -0.39 is 0 Å². The number of aromatic nitrogens is 1. The van der Waals surface area contributed by atoms with E-state index in [1.54, 1.807) is 43.6 Å². The van der Waals surface area contributed by atoms with Crippen LogP contribution < -0.4 is 15.4 Å². The van der Waals surface area contributed by atoms with E-state index in [4.69, 9.17) is 16.3 Å². The van der Waals surface area contributed by atoms with Crippen LogP contribution in [0.25, 0.3) is 0 Å². The molecule has 6 heteroatoms. The van der Waals surface area contributed by atoms with Crippen molar-refractivity contribution in [1.29, 1.82) is 0 Å². The van der Waals surface area contributed by atoms with Crippen LogP contribution in [0.3, 0.4) is 0 Å². The van der Waals surface area contributed by atoms with Crippen LogP contribution >= 0.6 is 11.6 Å². The third-order valence-corrected chi connectivity index (χ3v) is 4.78. The van der Waals surface area contributed by atoms with E-state index in [-0.39, 0.29) is 5.91 Å². The average molecular weight is 386 g/mol. The summed E-state index contributed by atoms with van der Waals surface area (Å²) in [5.74, 6) is 0.496. The van der Waals surface area contributed by atoms with E-state index in [0.29, 0.717) is 23.0 Å². The van der Waals surface area contributed by atoms with Gasteiger partial charge in [-0.15, -0.1) is 0 Å². The highest BCUT2D eigenvalue weighted by molar-refractivity contribution is 6.31. The van der Waals surface area contributed by atoms with E-state index in [1.165, 1.54) is 18.4 Å². The predicted octanol–water partition coefficient (Wildman–Crippen LogP) is 5.11. The van der Waals surface area contributed by atoms with Crippen molar-refractivity contribution in [3.8, 4) is 5.75 Å². The van der Waals surface area contributed by atoms with Gasteiger partial charge in [0.15, 0.2) is 0 Å². The summed E-state index contributed by atoms with van der Waals surface area (Å²) in [6, 6.07) is 8.84. The number of anilines is 2. The molecule has 1 aliphatic carbocycles. The third-order valence-electron chi connectivity index (χ3n) is 4.55. The number of ether oxygens (including phenoxy) is 1. The molecule has 2 aromatic rings. The number of nitrogens with zero attached hydrogens (tertiary/aromatic N) is 1. The molecule has 0 atom stereocenters. The van der Waals surface area contributed by atoms with Crippen LogP contribution in [0.4, 0.5) is 11.4 Å². The van der Waals surface area contributed by atoms with E-state index in [2.05, 4.69) is 21.7 Å². The molecule has 0 unspecified atom stereocenters. The summed E-state index contributed by atoms with van der Waals surface area (Å²) < 4.78 is 5.34. The highest BCUT2D eigenvalue weighted by atomic mass is 35.5. The van der Waals surface area contributed by atoms with Crippen molar-refractivity contribution in [2.75, 3.05) is 19.0 Å². The van der Waals surface area contributed by atoms with Gasteiger partial charge in [-0.3, -0.25) is 9.78 Å². The molecule has 3 rings (SSSR count). The zero-order chi connectivity index (χ0) is 19.1. The molecule has 142 valence electrons. The maximum Gasteiger partial charge on any atom is 0.269 e. The van der Waals surface area contributed by atoms with Gasteiger partial charge in [0.1, 0.15) is 11.4 Å². The number of carbonyl (C=O) groups is 1.